The molecule has 1 aromatic heterocycles. The van der Waals surface area contributed by atoms with Gasteiger partial charge >= 0.3 is 0 Å². The Labute approximate surface area is 576 Å². The molecule has 0 spiro atoms. The van der Waals surface area contributed by atoms with Crippen molar-refractivity contribution in [3.8, 4) is 11.5 Å². The molecule has 532 valence electrons. The number of halogens is 1. The number of nitrogens with one attached hydrogen (secondary N) is 9. The summed E-state index contributed by atoms with van der Waals surface area (Å²) in [5, 5.41) is 36.5. The van der Waals surface area contributed by atoms with Crippen LogP contribution in [-0.2, 0) is 103 Å². The molecule has 0 unspecified atom stereocenters. The van der Waals surface area contributed by atoms with Crippen LogP contribution in [0.4, 0.5) is 4.39 Å². The lowest BCUT2D eigenvalue weighted by molar-refractivity contribution is -0.148. The molecule has 0 aliphatic carbocycles. The maximum atomic E-state index is 16.0. The zero-order chi connectivity index (χ0) is 71.4. The number of rotatable bonds is 5. The third-order valence-electron chi connectivity index (χ3n) is 18.8. The van der Waals surface area contributed by atoms with Crippen LogP contribution in [0.25, 0.3) is 10.9 Å². The van der Waals surface area contributed by atoms with Gasteiger partial charge in [0, 0.05) is 101 Å². The van der Waals surface area contributed by atoms with Crippen LogP contribution in [0.5, 0.6) is 11.5 Å². The topological polar surface area (TPSA) is 381 Å². The summed E-state index contributed by atoms with van der Waals surface area (Å²) in [4.78, 5) is 163. The van der Waals surface area contributed by atoms with E-state index in [1.165, 1.54) is 38.0 Å². The molecule has 0 saturated carbocycles. The Kier molecular flexibility index (Phi) is 23.6. The standard InChI is InChI=1S/C71H86FN13O15/c1-40-63(90)81-54(35-73)65(92)78-51-31-44-9-7-10-45(29-44)36-75-60(89)39-100-56-22-27-84-62(56)67(94)82-61(41(2)86)66(93)80-52(30-42-12-16-49(98-4)17-13-42)69(96)85-26-8-23-71(85,3)70(97)74-24-21-43-11-14-46(37-76-58(87)19-20-59(88)77-40)57(32-43)99-28-6-5-25-83-38-47(33-53(68(84)95)79-64(51)91)50-34-48(72)15-18-55(50)83/h5-7,9-18,29,32,34,38,40-41,51-54,56,61-62,86H,8,19-28,30-31,33,35-37,39,73H2,1-4H3,(H,74,97)(H,75,89)(H,76,87)(H,77,88)(H,78,92)(H,79,91)(H,80,93)(H,81,90)(H,82,94)/b6-5+/t40-,41+,51-,52-,53-,54+,56-,61-,62-,71-/m0/s1. The summed E-state index contributed by atoms with van der Waals surface area (Å²) in [5.74, 6) is -8.43. The van der Waals surface area contributed by atoms with Gasteiger partial charge in [-0.05, 0) is 117 Å². The molecule has 10 atom stereocenters. The number of benzene rings is 4. The molecule has 2 fully saturated rings. The van der Waals surface area contributed by atoms with Gasteiger partial charge in [-0.3, -0.25) is 52.7 Å². The molecule has 5 aliphatic rings. The second kappa shape index (κ2) is 32.6. The molecule has 11 bridgehead atoms. The Morgan fingerprint density at radius 3 is 2.22 bits per heavy atom. The fourth-order valence-electron chi connectivity index (χ4n) is 13.3. The third-order valence-corrected chi connectivity index (χ3v) is 18.8. The van der Waals surface area contributed by atoms with Crippen molar-refractivity contribution in [3.05, 3.63) is 142 Å². The first-order valence-electron chi connectivity index (χ1n) is 33.6. The van der Waals surface area contributed by atoms with E-state index in [1.807, 2.05) is 0 Å². The molecular formula is C71H86FN13O15. The van der Waals surface area contributed by atoms with Crippen molar-refractivity contribution < 1.29 is 76.4 Å². The molecule has 11 amide bonds. The van der Waals surface area contributed by atoms with Crippen molar-refractivity contribution in [2.24, 2.45) is 5.73 Å². The lowest BCUT2D eigenvalue weighted by Crippen LogP contribution is -2.64. The largest absolute Gasteiger partial charge is 0.497 e. The average Bonchev–Trinajstić information content (AvgIpc) is 1.59. The Morgan fingerprint density at radius 2 is 1.45 bits per heavy atom. The van der Waals surface area contributed by atoms with E-state index < -0.39 is 144 Å². The number of carbonyl (C=O) groups excluding carboxylic acids is 11. The predicted molar refractivity (Wildman–Crippen MR) is 360 cm³/mol. The van der Waals surface area contributed by atoms with Crippen molar-refractivity contribution in [1.29, 1.82) is 0 Å². The third kappa shape index (κ3) is 17.6. The minimum atomic E-state index is -1.85. The number of ether oxygens (including phenoxy) is 3. The van der Waals surface area contributed by atoms with E-state index >= 15 is 28.4 Å². The molecule has 0 radical (unpaired) electrons. The molecule has 12 N–H and O–H groups in total. The maximum Gasteiger partial charge on any atom is 0.246 e. The van der Waals surface area contributed by atoms with E-state index in [9.17, 15) is 33.9 Å². The summed E-state index contributed by atoms with van der Waals surface area (Å²) in [7, 11) is 1.49. The summed E-state index contributed by atoms with van der Waals surface area (Å²) >= 11 is 0. The van der Waals surface area contributed by atoms with Crippen LogP contribution in [0.15, 0.2) is 103 Å². The Balaban J connectivity index is 1.10. The van der Waals surface area contributed by atoms with Gasteiger partial charge < -0.3 is 87.3 Å². The summed E-state index contributed by atoms with van der Waals surface area (Å²) in [6.07, 6.45) is 1.67. The van der Waals surface area contributed by atoms with E-state index in [0.29, 0.717) is 56.6 Å². The SMILES string of the molecule is COc1ccc(C[C@@H]2NC(=O)[C@H]([C@@H](C)O)NC(=O)[C@@H]3[C@@H]4CCN3C(=O)[C@@H]3Cc5cn(c6ccc(F)cc56)C/C=C/COc5cc(ccc5CNC(=O)CCC(=O)N[C@@H](C)C(=O)N[C@H](CN)C(=O)N[C@@H](Cc5cccc(c5)CNC(=O)CO4)C(=O)N3)CCNC(=O)[C@]3(C)CCCN3C2=O)cc1. The number of methoxy groups -OCH3 is 1. The zero-order valence-electron chi connectivity index (χ0n) is 56.2. The number of fused-ring (bicyclic) bond motifs is 10. The van der Waals surface area contributed by atoms with E-state index in [4.69, 9.17) is 19.9 Å². The molecule has 4 aromatic carbocycles. The number of aliphatic hydroxyl groups excluding tert-OH is 1. The van der Waals surface area contributed by atoms with Gasteiger partial charge in [-0.1, -0.05) is 54.6 Å². The summed E-state index contributed by atoms with van der Waals surface area (Å²) < 4.78 is 35.5. The second-order valence-electron chi connectivity index (χ2n) is 26.0. The number of aliphatic hydroxyl groups is 1. The highest BCUT2D eigenvalue weighted by Crippen LogP contribution is 2.32. The molecule has 6 heterocycles. The number of hydrogen-bond donors (Lipinski definition) is 11. The molecule has 5 aromatic rings. The van der Waals surface area contributed by atoms with E-state index in [0.717, 1.165) is 10.5 Å². The first-order chi connectivity index (χ1) is 48.0. The van der Waals surface area contributed by atoms with Crippen LogP contribution in [-0.4, -0.2) is 191 Å². The summed E-state index contributed by atoms with van der Waals surface area (Å²) in [6, 6.07) is 11.8. The van der Waals surface area contributed by atoms with Crippen molar-refractivity contribution in [2.45, 2.75) is 158 Å². The monoisotopic (exact) mass is 1380 g/mol. The van der Waals surface area contributed by atoms with Crippen LogP contribution in [0, 0.1) is 5.82 Å². The molecular weight excluding hydrogens is 1290 g/mol. The van der Waals surface area contributed by atoms with Crippen LogP contribution >= 0.6 is 0 Å². The van der Waals surface area contributed by atoms with Gasteiger partial charge in [0.25, 0.3) is 0 Å². The van der Waals surface area contributed by atoms with Crippen LogP contribution < -0.4 is 63.1 Å². The predicted octanol–water partition coefficient (Wildman–Crippen LogP) is -0.200. The number of nitrogens with zero attached hydrogens (tertiary/aromatic N) is 3. The fourth-order valence-corrected chi connectivity index (χ4v) is 13.3. The smallest absolute Gasteiger partial charge is 0.246 e. The number of allylic oxidation sites excluding steroid dienone is 1. The number of amides is 11. The van der Waals surface area contributed by atoms with E-state index in [-0.39, 0.29) is 97.2 Å². The number of nitrogens with two attached hydrogens (primary N) is 1. The Hall–Kier alpha value is -10.3. The molecule has 28 nitrogen and oxygen atoms in total. The van der Waals surface area contributed by atoms with Crippen molar-refractivity contribution in [1.82, 2.24) is 62.2 Å². The number of hydrogen-bond acceptors (Lipinski definition) is 16. The Morgan fingerprint density at radius 1 is 0.700 bits per heavy atom. The first kappa shape index (κ1) is 72.5. The first-order valence-corrected chi connectivity index (χ1v) is 33.6. The molecule has 5 aliphatic heterocycles. The highest BCUT2D eigenvalue weighted by atomic mass is 19.1. The van der Waals surface area contributed by atoms with Gasteiger partial charge in [0.2, 0.25) is 65.0 Å². The molecule has 2 saturated heterocycles. The summed E-state index contributed by atoms with van der Waals surface area (Å²) in [6.45, 7) is 3.10. The molecule has 29 heteroatoms. The van der Waals surface area contributed by atoms with Crippen LogP contribution in [0.1, 0.15) is 86.3 Å². The highest BCUT2D eigenvalue weighted by Gasteiger charge is 2.50. The van der Waals surface area contributed by atoms with Gasteiger partial charge in [0.1, 0.15) is 78.4 Å². The summed E-state index contributed by atoms with van der Waals surface area (Å²) in [5.41, 5.74) is 8.40. The quantitative estimate of drug-likeness (QED) is 0.102. The van der Waals surface area contributed by atoms with Gasteiger partial charge in [-0.15, -0.1) is 0 Å². The van der Waals surface area contributed by atoms with E-state index in [1.54, 1.807) is 103 Å². The minimum Gasteiger partial charge on any atom is -0.497 e. The number of carbonyl (C=O) groups is 11. The lowest BCUT2D eigenvalue weighted by atomic mass is 9.95. The fraction of sp³-hybridized carbons (Fsp3) is 0.451. The van der Waals surface area contributed by atoms with Crippen molar-refractivity contribution >= 4 is 75.9 Å². The normalized spacial score (nSPS) is 26.2. The second-order valence-corrected chi connectivity index (χ2v) is 26.0. The van der Waals surface area contributed by atoms with Crippen LogP contribution in [0.2, 0.25) is 0 Å². The highest BCUT2D eigenvalue weighted by molar-refractivity contribution is 6.00. The van der Waals surface area contributed by atoms with Gasteiger partial charge in [0.15, 0.2) is 0 Å². The van der Waals surface area contributed by atoms with Gasteiger partial charge in [0.05, 0.1) is 19.3 Å². The average molecular weight is 1380 g/mol. The van der Waals surface area contributed by atoms with Crippen LogP contribution in [0.3, 0.4) is 0 Å². The van der Waals surface area contributed by atoms with Gasteiger partial charge in [-0.2, -0.15) is 0 Å². The van der Waals surface area contributed by atoms with Crippen molar-refractivity contribution in [3.63, 3.8) is 0 Å². The molecule has 100 heavy (non-hydrogen) atoms. The van der Waals surface area contributed by atoms with Gasteiger partial charge in [-0.25, -0.2) is 4.39 Å². The Bertz CT molecular complexity index is 3960. The maximum absolute atomic E-state index is 16.0. The number of aromatic nitrogens is 1. The lowest BCUT2D eigenvalue weighted by Gasteiger charge is -2.37. The van der Waals surface area contributed by atoms with E-state index in [2.05, 4.69) is 47.9 Å². The van der Waals surface area contributed by atoms with Crippen molar-refractivity contribution in [2.75, 3.05) is 46.5 Å². The zero-order valence-corrected chi connectivity index (χ0v) is 56.2. The molecule has 10 rings (SSSR count). The minimum absolute atomic E-state index is 0.00948.